The van der Waals surface area contributed by atoms with Crippen LogP contribution in [0, 0.1) is 18.8 Å². The molecule has 23 heavy (non-hydrogen) atoms. The minimum Gasteiger partial charge on any atom is -0.496 e. The minimum atomic E-state index is 0. The van der Waals surface area contributed by atoms with Crippen molar-refractivity contribution < 1.29 is 9.53 Å². The third kappa shape index (κ3) is 6.04. The second-order valence-corrected chi connectivity index (χ2v) is 6.38. The van der Waals surface area contributed by atoms with Crippen LogP contribution in [0.2, 0.25) is 0 Å². The first-order chi connectivity index (χ1) is 10.6. The van der Waals surface area contributed by atoms with E-state index in [1.807, 2.05) is 25.1 Å². The molecule has 1 fully saturated rings. The fourth-order valence-electron chi connectivity index (χ4n) is 3.09. The van der Waals surface area contributed by atoms with Crippen LogP contribution >= 0.6 is 12.4 Å². The van der Waals surface area contributed by atoms with Crippen LogP contribution in [0.5, 0.6) is 5.75 Å². The van der Waals surface area contributed by atoms with E-state index in [0.29, 0.717) is 24.8 Å². The summed E-state index contributed by atoms with van der Waals surface area (Å²) >= 11 is 0. The smallest absolute Gasteiger partial charge is 0.220 e. The first kappa shape index (κ1) is 19.8. The Labute approximate surface area is 145 Å². The number of amides is 1. The van der Waals surface area contributed by atoms with Gasteiger partial charge in [0.2, 0.25) is 5.91 Å². The zero-order chi connectivity index (χ0) is 15.9. The van der Waals surface area contributed by atoms with E-state index in [-0.39, 0.29) is 18.3 Å². The lowest BCUT2D eigenvalue weighted by Crippen LogP contribution is -2.35. The van der Waals surface area contributed by atoms with Gasteiger partial charge in [-0.15, -0.1) is 12.4 Å². The van der Waals surface area contributed by atoms with E-state index in [4.69, 9.17) is 4.74 Å². The fraction of sp³-hybridized carbons (Fsp3) is 0.611. The molecule has 1 amide bonds. The summed E-state index contributed by atoms with van der Waals surface area (Å²) in [4.78, 5) is 12.2. The summed E-state index contributed by atoms with van der Waals surface area (Å²) in [6.45, 7) is 6.90. The number of halogens is 1. The van der Waals surface area contributed by atoms with Crippen molar-refractivity contribution in [2.45, 2.75) is 39.7 Å². The molecule has 0 spiro atoms. The van der Waals surface area contributed by atoms with Crippen molar-refractivity contribution in [2.24, 2.45) is 11.8 Å². The Bertz CT molecular complexity index is 502. The van der Waals surface area contributed by atoms with Gasteiger partial charge in [0.15, 0.2) is 0 Å². The van der Waals surface area contributed by atoms with Gasteiger partial charge in [0.1, 0.15) is 5.75 Å². The number of ether oxygens (including phenoxy) is 1. The zero-order valence-electron chi connectivity index (χ0n) is 14.4. The second kappa shape index (κ2) is 9.78. The number of rotatable bonds is 6. The average molecular weight is 341 g/mol. The van der Waals surface area contributed by atoms with Gasteiger partial charge in [-0.25, -0.2) is 0 Å². The molecular weight excluding hydrogens is 312 g/mol. The van der Waals surface area contributed by atoms with Crippen LogP contribution in [0.25, 0.3) is 0 Å². The van der Waals surface area contributed by atoms with Crippen LogP contribution in [0.1, 0.15) is 37.3 Å². The Morgan fingerprint density at radius 2 is 2.26 bits per heavy atom. The maximum atomic E-state index is 12.2. The van der Waals surface area contributed by atoms with E-state index in [1.165, 1.54) is 12.8 Å². The normalized spacial score (nSPS) is 18.7. The summed E-state index contributed by atoms with van der Waals surface area (Å²) in [5, 5.41) is 6.44. The van der Waals surface area contributed by atoms with E-state index in [2.05, 4.69) is 17.6 Å². The Morgan fingerprint density at radius 1 is 1.48 bits per heavy atom. The van der Waals surface area contributed by atoms with Crippen molar-refractivity contribution in [1.82, 2.24) is 10.6 Å². The molecule has 0 bridgehead atoms. The van der Waals surface area contributed by atoms with Crippen molar-refractivity contribution in [3.8, 4) is 5.75 Å². The number of aryl methyl sites for hydroxylation is 1. The van der Waals surface area contributed by atoms with E-state index in [9.17, 15) is 4.79 Å². The standard InChI is InChI=1S/C18H28N2O2.ClH/c1-13-6-7-16(17(9-13)22-3)12-20-18(21)10-14(2)15-5-4-8-19-11-15;/h6-7,9,14-15,19H,4-5,8,10-12H2,1-3H3,(H,20,21);1H. The molecule has 1 aliphatic heterocycles. The fourth-order valence-corrected chi connectivity index (χ4v) is 3.09. The zero-order valence-corrected chi connectivity index (χ0v) is 15.2. The van der Waals surface area contributed by atoms with E-state index in [0.717, 1.165) is 30.0 Å². The Morgan fingerprint density at radius 3 is 2.91 bits per heavy atom. The minimum absolute atomic E-state index is 0. The van der Waals surface area contributed by atoms with Crippen LogP contribution in [0.4, 0.5) is 0 Å². The van der Waals surface area contributed by atoms with E-state index < -0.39 is 0 Å². The number of carbonyl (C=O) groups excluding carboxylic acids is 1. The van der Waals surface area contributed by atoms with Gasteiger partial charge in [-0.1, -0.05) is 19.1 Å². The van der Waals surface area contributed by atoms with Gasteiger partial charge in [-0.05, 0) is 56.3 Å². The van der Waals surface area contributed by atoms with Crippen LogP contribution < -0.4 is 15.4 Å². The summed E-state index contributed by atoms with van der Waals surface area (Å²) in [5.41, 5.74) is 2.18. The number of nitrogens with one attached hydrogen (secondary N) is 2. The number of carbonyl (C=O) groups is 1. The molecule has 130 valence electrons. The van der Waals surface area contributed by atoms with E-state index >= 15 is 0 Å². The van der Waals surface area contributed by atoms with Crippen molar-refractivity contribution >= 4 is 18.3 Å². The maximum Gasteiger partial charge on any atom is 0.220 e. The average Bonchev–Trinajstić information content (AvgIpc) is 2.54. The number of piperidine rings is 1. The molecule has 4 nitrogen and oxygen atoms in total. The van der Waals surface area contributed by atoms with Crippen LogP contribution in [0.15, 0.2) is 18.2 Å². The largest absolute Gasteiger partial charge is 0.496 e. The van der Waals surface area contributed by atoms with Crippen molar-refractivity contribution in [3.05, 3.63) is 29.3 Å². The summed E-state index contributed by atoms with van der Waals surface area (Å²) in [6.07, 6.45) is 3.05. The highest BCUT2D eigenvalue weighted by molar-refractivity contribution is 5.85. The quantitative estimate of drug-likeness (QED) is 0.836. The topological polar surface area (TPSA) is 50.4 Å². The van der Waals surface area contributed by atoms with E-state index in [1.54, 1.807) is 7.11 Å². The third-order valence-electron chi connectivity index (χ3n) is 4.57. The molecule has 0 saturated carbocycles. The first-order valence-corrected chi connectivity index (χ1v) is 8.21. The number of methoxy groups -OCH3 is 1. The Balaban J connectivity index is 0.00000264. The number of hydrogen-bond acceptors (Lipinski definition) is 3. The van der Waals surface area contributed by atoms with Crippen LogP contribution in [0.3, 0.4) is 0 Å². The molecule has 2 N–H and O–H groups in total. The van der Waals surface area contributed by atoms with Gasteiger partial charge < -0.3 is 15.4 Å². The molecule has 0 aliphatic carbocycles. The molecule has 1 aromatic rings. The van der Waals surface area contributed by atoms with Gasteiger partial charge in [-0.3, -0.25) is 4.79 Å². The summed E-state index contributed by atoms with van der Waals surface area (Å²) in [6, 6.07) is 6.06. The Kier molecular flexibility index (Phi) is 8.42. The lowest BCUT2D eigenvalue weighted by atomic mass is 9.85. The lowest BCUT2D eigenvalue weighted by molar-refractivity contribution is -0.122. The molecule has 1 aromatic carbocycles. The van der Waals surface area contributed by atoms with Gasteiger partial charge >= 0.3 is 0 Å². The van der Waals surface area contributed by atoms with Gasteiger partial charge in [0, 0.05) is 18.5 Å². The highest BCUT2D eigenvalue weighted by Crippen LogP contribution is 2.23. The monoisotopic (exact) mass is 340 g/mol. The molecule has 2 unspecified atom stereocenters. The highest BCUT2D eigenvalue weighted by Gasteiger charge is 2.21. The highest BCUT2D eigenvalue weighted by atomic mass is 35.5. The SMILES string of the molecule is COc1cc(C)ccc1CNC(=O)CC(C)C1CCCNC1.Cl. The van der Waals surface area contributed by atoms with Gasteiger partial charge in [0.05, 0.1) is 7.11 Å². The molecule has 0 radical (unpaired) electrons. The lowest BCUT2D eigenvalue weighted by Gasteiger charge is -2.28. The van der Waals surface area contributed by atoms with Gasteiger partial charge in [0.25, 0.3) is 0 Å². The second-order valence-electron chi connectivity index (χ2n) is 6.38. The predicted molar refractivity (Wildman–Crippen MR) is 96.2 cm³/mol. The first-order valence-electron chi connectivity index (χ1n) is 8.21. The molecule has 2 rings (SSSR count). The summed E-state index contributed by atoms with van der Waals surface area (Å²) < 4.78 is 5.38. The number of benzene rings is 1. The van der Waals surface area contributed by atoms with Crippen molar-refractivity contribution in [1.29, 1.82) is 0 Å². The summed E-state index contributed by atoms with van der Waals surface area (Å²) in [7, 11) is 1.66. The Hall–Kier alpha value is -1.26. The van der Waals surface area contributed by atoms with Crippen LogP contribution in [-0.2, 0) is 11.3 Å². The maximum absolute atomic E-state index is 12.2. The third-order valence-corrected chi connectivity index (χ3v) is 4.57. The molecule has 5 heteroatoms. The molecule has 2 atom stereocenters. The molecule has 1 heterocycles. The van der Waals surface area contributed by atoms with Crippen molar-refractivity contribution in [2.75, 3.05) is 20.2 Å². The van der Waals surface area contributed by atoms with Crippen LogP contribution in [-0.4, -0.2) is 26.1 Å². The molecule has 1 saturated heterocycles. The summed E-state index contributed by atoms with van der Waals surface area (Å²) in [5.74, 6) is 2.01. The van der Waals surface area contributed by atoms with Gasteiger partial charge in [-0.2, -0.15) is 0 Å². The number of hydrogen-bond donors (Lipinski definition) is 2. The predicted octanol–water partition coefficient (Wildman–Crippen LogP) is 3.07. The molecule has 1 aliphatic rings. The molecular formula is C18H29ClN2O2. The molecule has 0 aromatic heterocycles. The van der Waals surface area contributed by atoms with Crippen molar-refractivity contribution in [3.63, 3.8) is 0 Å².